The lowest BCUT2D eigenvalue weighted by Gasteiger charge is -2.28. The minimum atomic E-state index is -0.898. The van der Waals surface area contributed by atoms with Crippen LogP contribution in [0.4, 0.5) is 0 Å². The van der Waals surface area contributed by atoms with E-state index in [0.29, 0.717) is 37.3 Å². The molecular weight excluding hydrogens is 370 g/mol. The molecule has 6 heteroatoms. The lowest BCUT2D eigenvalue weighted by molar-refractivity contribution is -0.131. The van der Waals surface area contributed by atoms with Crippen LogP contribution in [0.5, 0.6) is 0 Å². The van der Waals surface area contributed by atoms with Crippen molar-refractivity contribution >= 4 is 17.7 Å². The molecule has 2 rings (SSSR count). The predicted molar refractivity (Wildman–Crippen MR) is 112 cm³/mol. The highest BCUT2D eigenvalue weighted by Gasteiger charge is 2.48. The molecule has 0 unspecified atom stereocenters. The number of carbonyl (C=O) groups is 3. The molecule has 1 amide bonds. The number of ether oxygens (including phenoxy) is 1. The van der Waals surface area contributed by atoms with Crippen molar-refractivity contribution in [3.05, 3.63) is 12.2 Å². The minimum absolute atomic E-state index is 0.0332. The van der Waals surface area contributed by atoms with Crippen LogP contribution in [0.25, 0.3) is 0 Å². The first kappa shape index (κ1) is 23.6. The van der Waals surface area contributed by atoms with Crippen molar-refractivity contribution in [1.82, 2.24) is 5.32 Å². The van der Waals surface area contributed by atoms with Crippen LogP contribution in [0.3, 0.4) is 0 Å². The number of carbonyl (C=O) groups excluding carboxylic acids is 2. The molecule has 0 aromatic rings. The highest BCUT2D eigenvalue weighted by molar-refractivity contribution is 5.84. The molecule has 29 heavy (non-hydrogen) atoms. The van der Waals surface area contributed by atoms with Crippen LogP contribution >= 0.6 is 0 Å². The number of carboxylic acids is 1. The Bertz CT molecular complexity index is 574. The van der Waals surface area contributed by atoms with Gasteiger partial charge in [0, 0.05) is 37.8 Å². The molecule has 0 saturated carbocycles. The van der Waals surface area contributed by atoms with Gasteiger partial charge in [-0.15, -0.1) is 0 Å². The van der Waals surface area contributed by atoms with Gasteiger partial charge in [0.25, 0.3) is 0 Å². The largest absolute Gasteiger partial charge is 0.478 e. The average Bonchev–Trinajstić information content (AvgIpc) is 3.29. The van der Waals surface area contributed by atoms with Gasteiger partial charge in [-0.3, -0.25) is 9.59 Å². The fourth-order valence-electron chi connectivity index (χ4n) is 4.65. The van der Waals surface area contributed by atoms with Crippen molar-refractivity contribution < 1.29 is 24.2 Å². The molecule has 6 nitrogen and oxygen atoms in total. The number of unbranched alkanes of at least 4 members (excludes halogenated alkanes) is 4. The number of amides is 1. The standard InChI is InChI=1S/C23H37NO5/c1-2-3-6-9-17(25)12-15-22(26)24-16-19-18(20-13-14-21(19)29-20)10-7-4-5-8-11-23(27)28/h8,11,18-21H,2-7,9-10,12-16H2,1H3,(H,24,26)(H,27,28)/t18-,19+,20-,21+/m1/s1. The Hall–Kier alpha value is -1.69. The molecule has 2 aliphatic heterocycles. The van der Waals surface area contributed by atoms with Gasteiger partial charge >= 0.3 is 5.97 Å². The SMILES string of the molecule is CCCCCC(=O)CCC(=O)NC[C@H]1[C@@H](CCCCC=CC(=O)O)[C@H]2CC[C@@H]1O2. The number of fused-ring (bicyclic) bond motifs is 2. The number of rotatable bonds is 15. The summed E-state index contributed by atoms with van der Waals surface area (Å²) < 4.78 is 6.10. The summed E-state index contributed by atoms with van der Waals surface area (Å²) in [6, 6.07) is 0. The maximum Gasteiger partial charge on any atom is 0.327 e. The molecular formula is C23H37NO5. The average molecular weight is 408 g/mol. The molecule has 2 N–H and O–H groups in total. The van der Waals surface area contributed by atoms with Gasteiger partial charge in [-0.05, 0) is 44.4 Å². The Kier molecular flexibility index (Phi) is 10.4. The molecule has 2 bridgehead atoms. The summed E-state index contributed by atoms with van der Waals surface area (Å²) in [5, 5.41) is 11.7. The zero-order valence-electron chi connectivity index (χ0n) is 17.7. The third-order valence-corrected chi connectivity index (χ3v) is 6.23. The molecule has 2 saturated heterocycles. The predicted octanol–water partition coefficient (Wildman–Crippen LogP) is 4.03. The number of ketones is 1. The fourth-order valence-corrected chi connectivity index (χ4v) is 4.65. The van der Waals surface area contributed by atoms with Crippen molar-refractivity contribution in [3.8, 4) is 0 Å². The maximum absolute atomic E-state index is 12.2. The van der Waals surface area contributed by atoms with E-state index in [9.17, 15) is 14.4 Å². The third kappa shape index (κ3) is 8.29. The minimum Gasteiger partial charge on any atom is -0.478 e. The van der Waals surface area contributed by atoms with E-state index in [1.165, 1.54) is 6.08 Å². The number of carboxylic acid groups (broad SMARTS) is 1. The molecule has 2 aliphatic rings. The lowest BCUT2D eigenvalue weighted by atomic mass is 9.76. The van der Waals surface area contributed by atoms with Crippen LogP contribution in [-0.2, 0) is 19.1 Å². The first-order chi connectivity index (χ1) is 14.0. The Morgan fingerprint density at radius 3 is 2.48 bits per heavy atom. The molecule has 164 valence electrons. The molecule has 0 aromatic heterocycles. The summed E-state index contributed by atoms with van der Waals surface area (Å²) in [4.78, 5) is 34.5. The monoisotopic (exact) mass is 407 g/mol. The molecule has 0 spiro atoms. The number of hydrogen-bond acceptors (Lipinski definition) is 4. The highest BCUT2D eigenvalue weighted by atomic mass is 16.5. The van der Waals surface area contributed by atoms with Crippen molar-refractivity contribution in [2.24, 2.45) is 11.8 Å². The van der Waals surface area contributed by atoms with E-state index in [4.69, 9.17) is 9.84 Å². The number of Topliss-reactive ketones (excluding diaryl/α,β-unsaturated/α-hetero) is 1. The number of hydrogen-bond donors (Lipinski definition) is 2. The highest BCUT2D eigenvalue weighted by Crippen LogP contribution is 2.45. The molecule has 0 aromatic carbocycles. The van der Waals surface area contributed by atoms with Crippen molar-refractivity contribution in [3.63, 3.8) is 0 Å². The van der Waals surface area contributed by atoms with Crippen LogP contribution in [0.2, 0.25) is 0 Å². The van der Waals surface area contributed by atoms with Crippen LogP contribution in [0.15, 0.2) is 12.2 Å². The molecule has 2 heterocycles. The number of nitrogens with one attached hydrogen (secondary N) is 1. The first-order valence-corrected chi connectivity index (χ1v) is 11.3. The lowest BCUT2D eigenvalue weighted by Crippen LogP contribution is -2.38. The third-order valence-electron chi connectivity index (χ3n) is 6.23. The summed E-state index contributed by atoms with van der Waals surface area (Å²) in [5.41, 5.74) is 0. The van der Waals surface area contributed by atoms with Crippen LogP contribution in [0, 0.1) is 11.8 Å². The zero-order chi connectivity index (χ0) is 21.1. The summed E-state index contributed by atoms with van der Waals surface area (Å²) in [6.07, 6.45) is 13.8. The maximum atomic E-state index is 12.2. The van der Waals surface area contributed by atoms with Gasteiger partial charge in [0.1, 0.15) is 5.78 Å². The Balaban J connectivity index is 1.66. The second-order valence-electron chi connectivity index (χ2n) is 8.44. The topological polar surface area (TPSA) is 92.7 Å². The summed E-state index contributed by atoms with van der Waals surface area (Å²) >= 11 is 0. The van der Waals surface area contributed by atoms with E-state index < -0.39 is 5.97 Å². The van der Waals surface area contributed by atoms with Crippen LogP contribution in [0.1, 0.15) is 84.0 Å². The van der Waals surface area contributed by atoms with E-state index in [-0.39, 0.29) is 24.2 Å². The number of aliphatic carboxylic acids is 1. The van der Waals surface area contributed by atoms with Gasteiger partial charge in [0.2, 0.25) is 5.91 Å². The van der Waals surface area contributed by atoms with Gasteiger partial charge in [-0.2, -0.15) is 0 Å². The molecule has 0 aliphatic carbocycles. The summed E-state index contributed by atoms with van der Waals surface area (Å²) in [7, 11) is 0. The van der Waals surface area contributed by atoms with Crippen LogP contribution < -0.4 is 5.32 Å². The van der Waals surface area contributed by atoms with Gasteiger partial charge in [0.15, 0.2) is 0 Å². The van der Waals surface area contributed by atoms with Crippen molar-refractivity contribution in [2.45, 2.75) is 96.2 Å². The van der Waals surface area contributed by atoms with E-state index in [2.05, 4.69) is 12.2 Å². The normalized spacial score (nSPS) is 25.6. The second kappa shape index (κ2) is 12.8. The fraction of sp³-hybridized carbons (Fsp3) is 0.783. The van der Waals surface area contributed by atoms with Gasteiger partial charge in [0.05, 0.1) is 12.2 Å². The zero-order valence-corrected chi connectivity index (χ0v) is 17.7. The summed E-state index contributed by atoms with van der Waals surface area (Å²) in [6.45, 7) is 2.74. The Morgan fingerprint density at radius 2 is 1.76 bits per heavy atom. The van der Waals surface area contributed by atoms with E-state index in [1.807, 2.05) is 0 Å². The van der Waals surface area contributed by atoms with Crippen molar-refractivity contribution in [1.29, 1.82) is 0 Å². The van der Waals surface area contributed by atoms with Gasteiger partial charge in [-0.1, -0.05) is 32.3 Å². The van der Waals surface area contributed by atoms with Gasteiger partial charge in [-0.25, -0.2) is 4.79 Å². The van der Waals surface area contributed by atoms with E-state index >= 15 is 0 Å². The van der Waals surface area contributed by atoms with Gasteiger partial charge < -0.3 is 15.2 Å². The Morgan fingerprint density at radius 1 is 1.00 bits per heavy atom. The van der Waals surface area contributed by atoms with E-state index in [0.717, 1.165) is 57.8 Å². The summed E-state index contributed by atoms with van der Waals surface area (Å²) in [5.74, 6) is 0.0755. The molecule has 2 fully saturated rings. The second-order valence-corrected chi connectivity index (χ2v) is 8.44. The smallest absolute Gasteiger partial charge is 0.327 e. The van der Waals surface area contributed by atoms with E-state index in [1.54, 1.807) is 6.08 Å². The first-order valence-electron chi connectivity index (χ1n) is 11.3. The molecule has 4 atom stereocenters. The Labute approximate surface area is 174 Å². The quantitative estimate of drug-likeness (QED) is 0.316. The number of allylic oxidation sites excluding steroid dienone is 1. The molecule has 0 radical (unpaired) electrons. The van der Waals surface area contributed by atoms with Crippen LogP contribution in [-0.4, -0.2) is 41.5 Å². The van der Waals surface area contributed by atoms with Crippen molar-refractivity contribution in [2.75, 3.05) is 6.54 Å².